The summed E-state index contributed by atoms with van der Waals surface area (Å²) >= 11 is 1.62. The molecule has 6 heteroatoms. The van der Waals surface area contributed by atoms with Gasteiger partial charge in [0, 0.05) is 10.1 Å². The van der Waals surface area contributed by atoms with Gasteiger partial charge in [-0.05, 0) is 36.3 Å². The van der Waals surface area contributed by atoms with Crippen LogP contribution in [0, 0.1) is 17.3 Å². The number of cyclic esters (lactones) is 1. The molecule has 0 bridgehead atoms. The fourth-order valence-corrected chi connectivity index (χ4v) is 5.56. The lowest BCUT2D eigenvalue weighted by Gasteiger charge is -2.40. The summed E-state index contributed by atoms with van der Waals surface area (Å²) in [5, 5.41) is 10.7. The maximum absolute atomic E-state index is 13.4. The number of hydrogen-bond donors (Lipinski definition) is 1. The molecule has 5 atom stereocenters. The Labute approximate surface area is 165 Å². The van der Waals surface area contributed by atoms with E-state index < -0.39 is 18.1 Å². The van der Waals surface area contributed by atoms with E-state index in [9.17, 15) is 14.7 Å². The number of imide groups is 1. The number of carbonyl (C=O) groups excluding carboxylic acids is 2. The average Bonchev–Trinajstić information content (AvgIpc) is 2.97. The Kier molecular flexibility index (Phi) is 5.87. The molecule has 1 aliphatic carbocycles. The molecule has 27 heavy (non-hydrogen) atoms. The molecule has 1 saturated heterocycles. The van der Waals surface area contributed by atoms with Crippen LogP contribution in [-0.4, -0.2) is 46.0 Å². The standard InChI is InChI=1S/C21H29NO4S/c1-13-10-15(23)18(16(11-13)27-14-8-6-5-7-9-14)19(24)22-17(21(2,3)4)12-26-20(22)25/h5-9,13,15-18,23H,10-12H2,1-4H3/t13-,15-,16-,17+,18-/m1/s1. The highest BCUT2D eigenvalue weighted by Gasteiger charge is 2.50. The minimum absolute atomic E-state index is 0.0762. The molecule has 2 aliphatic rings. The smallest absolute Gasteiger partial charge is 0.417 e. The quantitative estimate of drug-likeness (QED) is 0.845. The second kappa shape index (κ2) is 7.84. The molecular weight excluding hydrogens is 362 g/mol. The minimum Gasteiger partial charge on any atom is -0.447 e. The Hall–Kier alpha value is -1.53. The highest BCUT2D eigenvalue weighted by Crippen LogP contribution is 2.42. The number of amides is 2. The fraction of sp³-hybridized carbons (Fsp3) is 0.619. The van der Waals surface area contributed by atoms with Gasteiger partial charge < -0.3 is 9.84 Å². The van der Waals surface area contributed by atoms with E-state index in [-0.39, 0.29) is 29.2 Å². The van der Waals surface area contributed by atoms with Crippen LogP contribution < -0.4 is 0 Å². The number of aliphatic hydroxyl groups is 1. The third-order valence-corrected chi connectivity index (χ3v) is 6.85. The van der Waals surface area contributed by atoms with E-state index in [2.05, 4.69) is 6.92 Å². The zero-order chi connectivity index (χ0) is 19.8. The molecule has 1 saturated carbocycles. The molecule has 3 rings (SSSR count). The first kappa shape index (κ1) is 20.2. The molecule has 1 aliphatic heterocycles. The maximum Gasteiger partial charge on any atom is 0.417 e. The molecule has 1 heterocycles. The van der Waals surface area contributed by atoms with Crippen LogP contribution in [0.4, 0.5) is 4.79 Å². The minimum atomic E-state index is -0.753. The van der Waals surface area contributed by atoms with Gasteiger partial charge in [-0.1, -0.05) is 45.9 Å². The summed E-state index contributed by atoms with van der Waals surface area (Å²) in [5.41, 5.74) is -0.281. The van der Waals surface area contributed by atoms with Gasteiger partial charge in [0.05, 0.1) is 18.1 Å². The molecule has 0 unspecified atom stereocenters. The number of ether oxygens (including phenoxy) is 1. The zero-order valence-corrected chi connectivity index (χ0v) is 17.2. The van der Waals surface area contributed by atoms with E-state index in [0.717, 1.165) is 11.3 Å². The van der Waals surface area contributed by atoms with Crippen molar-refractivity contribution in [2.24, 2.45) is 17.3 Å². The predicted molar refractivity (Wildman–Crippen MR) is 105 cm³/mol. The molecule has 0 radical (unpaired) electrons. The van der Waals surface area contributed by atoms with E-state index in [4.69, 9.17) is 4.74 Å². The lowest BCUT2D eigenvalue weighted by atomic mass is 9.78. The van der Waals surface area contributed by atoms with Crippen molar-refractivity contribution in [2.45, 2.75) is 62.8 Å². The lowest BCUT2D eigenvalue weighted by Crippen LogP contribution is -2.54. The van der Waals surface area contributed by atoms with Gasteiger partial charge in [0.1, 0.15) is 6.61 Å². The van der Waals surface area contributed by atoms with E-state index in [1.807, 2.05) is 51.1 Å². The highest BCUT2D eigenvalue weighted by atomic mass is 32.2. The van der Waals surface area contributed by atoms with Gasteiger partial charge >= 0.3 is 6.09 Å². The van der Waals surface area contributed by atoms with Gasteiger partial charge in [0.15, 0.2) is 0 Å². The van der Waals surface area contributed by atoms with Crippen molar-refractivity contribution in [1.29, 1.82) is 0 Å². The van der Waals surface area contributed by atoms with Gasteiger partial charge in [0.2, 0.25) is 5.91 Å². The van der Waals surface area contributed by atoms with E-state index in [1.165, 1.54) is 4.90 Å². The summed E-state index contributed by atoms with van der Waals surface area (Å²) in [6.07, 6.45) is 0.0622. The third-order valence-electron chi connectivity index (χ3n) is 5.52. The number of nitrogens with zero attached hydrogens (tertiary/aromatic N) is 1. The van der Waals surface area contributed by atoms with Gasteiger partial charge in [-0.3, -0.25) is 4.79 Å². The zero-order valence-electron chi connectivity index (χ0n) is 16.4. The molecular formula is C21H29NO4S. The van der Waals surface area contributed by atoms with E-state index >= 15 is 0 Å². The normalized spacial score (nSPS) is 31.7. The Bertz CT molecular complexity index is 687. The maximum atomic E-state index is 13.4. The third kappa shape index (κ3) is 4.32. The first-order valence-electron chi connectivity index (χ1n) is 9.58. The first-order valence-corrected chi connectivity index (χ1v) is 10.5. The SMILES string of the molecule is C[C@@H]1C[C@@H](O)[C@@H](C(=O)N2C(=O)OC[C@H]2C(C)(C)C)[C@H](Sc2ccccc2)C1. The summed E-state index contributed by atoms with van der Waals surface area (Å²) in [6, 6.07) is 9.61. The highest BCUT2D eigenvalue weighted by molar-refractivity contribution is 8.00. The van der Waals surface area contributed by atoms with E-state index in [1.54, 1.807) is 11.8 Å². The molecule has 0 aromatic heterocycles. The summed E-state index contributed by atoms with van der Waals surface area (Å²) in [7, 11) is 0. The van der Waals surface area contributed by atoms with Gasteiger partial charge in [0.25, 0.3) is 0 Å². The Morgan fingerprint density at radius 1 is 1.22 bits per heavy atom. The fourth-order valence-electron chi connectivity index (χ4n) is 4.03. The number of carbonyl (C=O) groups is 2. The number of thioether (sulfide) groups is 1. The van der Waals surface area contributed by atoms with Crippen molar-refractivity contribution in [3.8, 4) is 0 Å². The van der Waals surface area contributed by atoms with Crippen LogP contribution in [-0.2, 0) is 9.53 Å². The van der Waals surface area contributed by atoms with Crippen molar-refractivity contribution in [3.63, 3.8) is 0 Å². The van der Waals surface area contributed by atoms with Crippen LogP contribution in [0.5, 0.6) is 0 Å². The van der Waals surface area contributed by atoms with Crippen molar-refractivity contribution >= 4 is 23.8 Å². The largest absolute Gasteiger partial charge is 0.447 e. The van der Waals surface area contributed by atoms with Crippen LogP contribution in [0.15, 0.2) is 35.2 Å². The van der Waals surface area contributed by atoms with Crippen molar-refractivity contribution in [2.75, 3.05) is 6.61 Å². The van der Waals surface area contributed by atoms with Gasteiger partial charge in [-0.15, -0.1) is 11.8 Å². The Morgan fingerprint density at radius 2 is 1.89 bits per heavy atom. The average molecular weight is 392 g/mol. The molecule has 1 aromatic rings. The van der Waals surface area contributed by atoms with Crippen molar-refractivity contribution in [3.05, 3.63) is 30.3 Å². The van der Waals surface area contributed by atoms with Crippen LogP contribution in [0.1, 0.15) is 40.5 Å². The van der Waals surface area contributed by atoms with Crippen LogP contribution in [0.2, 0.25) is 0 Å². The summed E-state index contributed by atoms with van der Waals surface area (Å²) in [5.74, 6) is -0.582. The molecule has 1 aromatic carbocycles. The summed E-state index contributed by atoms with van der Waals surface area (Å²) in [4.78, 5) is 28.1. The van der Waals surface area contributed by atoms with Gasteiger partial charge in [-0.2, -0.15) is 0 Å². The second-order valence-electron chi connectivity index (χ2n) is 8.81. The van der Waals surface area contributed by atoms with Gasteiger partial charge in [-0.25, -0.2) is 9.69 Å². The van der Waals surface area contributed by atoms with Crippen LogP contribution in [0.3, 0.4) is 0 Å². The lowest BCUT2D eigenvalue weighted by molar-refractivity contribution is -0.140. The van der Waals surface area contributed by atoms with Crippen LogP contribution >= 0.6 is 11.8 Å². The van der Waals surface area contributed by atoms with Crippen molar-refractivity contribution in [1.82, 2.24) is 4.90 Å². The molecule has 2 fully saturated rings. The van der Waals surface area contributed by atoms with Crippen LogP contribution in [0.25, 0.3) is 0 Å². The topological polar surface area (TPSA) is 66.8 Å². The molecule has 2 amide bonds. The van der Waals surface area contributed by atoms with Crippen molar-refractivity contribution < 1.29 is 19.4 Å². The molecule has 148 valence electrons. The number of aliphatic hydroxyl groups excluding tert-OH is 1. The molecule has 5 nitrogen and oxygen atoms in total. The van der Waals surface area contributed by atoms with E-state index in [0.29, 0.717) is 12.3 Å². The number of rotatable bonds is 3. The number of hydrogen-bond acceptors (Lipinski definition) is 5. The summed E-state index contributed by atoms with van der Waals surface area (Å²) in [6.45, 7) is 8.30. The predicted octanol–water partition coefficient (Wildman–Crippen LogP) is 3.95. The Balaban J connectivity index is 1.88. The monoisotopic (exact) mass is 391 g/mol. The molecule has 0 spiro atoms. The first-order chi connectivity index (χ1) is 12.7. The summed E-state index contributed by atoms with van der Waals surface area (Å²) < 4.78 is 5.20. The Morgan fingerprint density at radius 3 is 2.52 bits per heavy atom. The second-order valence-corrected chi connectivity index (χ2v) is 10.1. The number of benzene rings is 1. The molecule has 1 N–H and O–H groups in total.